The molecule has 2 nitrogen and oxygen atoms in total. The first kappa shape index (κ1) is 15.1. The van der Waals surface area contributed by atoms with Crippen molar-refractivity contribution in [2.24, 2.45) is 5.92 Å². The zero-order valence-electron chi connectivity index (χ0n) is 13.0. The summed E-state index contributed by atoms with van der Waals surface area (Å²) in [7, 11) is 0. The van der Waals surface area contributed by atoms with Crippen LogP contribution in [-0.4, -0.2) is 6.54 Å². The molecule has 0 radical (unpaired) electrons. The molecule has 1 unspecified atom stereocenters. The van der Waals surface area contributed by atoms with Crippen LogP contribution in [0.5, 0.6) is 0 Å². The molecule has 0 spiro atoms. The summed E-state index contributed by atoms with van der Waals surface area (Å²) in [5.74, 6) is 0.776. The van der Waals surface area contributed by atoms with E-state index in [1.54, 1.807) is 0 Å². The first-order valence-electron chi connectivity index (χ1n) is 7.99. The van der Waals surface area contributed by atoms with Crippen molar-refractivity contribution in [2.75, 3.05) is 6.54 Å². The predicted octanol–water partition coefficient (Wildman–Crippen LogP) is 5.30. The fourth-order valence-electron chi connectivity index (χ4n) is 2.86. The third-order valence-electron chi connectivity index (χ3n) is 4.25. The fraction of sp³-hybridized carbons (Fsp3) is 0.556. The van der Waals surface area contributed by atoms with Crippen molar-refractivity contribution in [3.63, 3.8) is 0 Å². The Morgan fingerprint density at radius 1 is 1.10 bits per heavy atom. The standard InChI is InChI=1S/C18H27NO/c1-4-11-19-17(12-14(5-2)6-3)16-13-20-18-10-8-7-9-15(16)18/h7-10,13-14,17,19H,4-6,11-12H2,1-3H3. The molecule has 0 bridgehead atoms. The fourth-order valence-corrected chi connectivity index (χ4v) is 2.86. The van der Waals surface area contributed by atoms with Gasteiger partial charge in [0.25, 0.3) is 0 Å². The van der Waals surface area contributed by atoms with Gasteiger partial charge < -0.3 is 9.73 Å². The SMILES string of the molecule is CCCNC(CC(CC)CC)c1coc2ccccc12. The van der Waals surface area contributed by atoms with E-state index in [2.05, 4.69) is 38.2 Å². The monoisotopic (exact) mass is 273 g/mol. The van der Waals surface area contributed by atoms with Crippen LogP contribution in [0.25, 0.3) is 11.0 Å². The van der Waals surface area contributed by atoms with E-state index in [-0.39, 0.29) is 0 Å². The second kappa shape index (κ2) is 7.49. The number of rotatable bonds is 8. The number of benzene rings is 1. The highest BCUT2D eigenvalue weighted by Gasteiger charge is 2.19. The van der Waals surface area contributed by atoms with Crippen LogP contribution in [0, 0.1) is 5.92 Å². The lowest BCUT2D eigenvalue weighted by molar-refractivity contribution is 0.370. The Morgan fingerprint density at radius 3 is 2.55 bits per heavy atom. The normalized spacial score (nSPS) is 13.2. The summed E-state index contributed by atoms with van der Waals surface area (Å²) in [5.41, 5.74) is 2.32. The Balaban J connectivity index is 2.25. The van der Waals surface area contributed by atoms with Crippen molar-refractivity contribution < 1.29 is 4.42 Å². The molecular weight excluding hydrogens is 246 g/mol. The molecule has 0 aliphatic heterocycles. The van der Waals surface area contributed by atoms with Gasteiger partial charge in [-0.05, 0) is 31.4 Å². The lowest BCUT2D eigenvalue weighted by Gasteiger charge is -2.22. The molecule has 0 saturated carbocycles. The van der Waals surface area contributed by atoms with Crippen molar-refractivity contribution in [1.82, 2.24) is 5.32 Å². The van der Waals surface area contributed by atoms with Gasteiger partial charge in [0.15, 0.2) is 0 Å². The Kier molecular flexibility index (Phi) is 5.66. The second-order valence-corrected chi connectivity index (χ2v) is 5.61. The van der Waals surface area contributed by atoms with Crippen molar-refractivity contribution in [2.45, 2.75) is 52.5 Å². The van der Waals surface area contributed by atoms with E-state index in [9.17, 15) is 0 Å². The smallest absolute Gasteiger partial charge is 0.134 e. The molecule has 20 heavy (non-hydrogen) atoms. The molecule has 1 atom stereocenters. The molecule has 1 N–H and O–H groups in total. The van der Waals surface area contributed by atoms with Crippen LogP contribution < -0.4 is 5.32 Å². The van der Waals surface area contributed by atoms with E-state index < -0.39 is 0 Å². The highest BCUT2D eigenvalue weighted by molar-refractivity contribution is 5.81. The van der Waals surface area contributed by atoms with E-state index in [4.69, 9.17) is 4.42 Å². The first-order chi connectivity index (χ1) is 9.80. The molecule has 0 fully saturated rings. The number of hydrogen-bond acceptors (Lipinski definition) is 2. The maximum Gasteiger partial charge on any atom is 0.134 e. The summed E-state index contributed by atoms with van der Waals surface area (Å²) in [6.45, 7) is 7.86. The molecule has 0 aliphatic carbocycles. The summed E-state index contributed by atoms with van der Waals surface area (Å²) >= 11 is 0. The highest BCUT2D eigenvalue weighted by atomic mass is 16.3. The first-order valence-corrected chi connectivity index (χ1v) is 7.99. The van der Waals surface area contributed by atoms with Crippen LogP contribution in [-0.2, 0) is 0 Å². The molecule has 1 heterocycles. The Hall–Kier alpha value is -1.28. The van der Waals surface area contributed by atoms with Crippen LogP contribution in [0.1, 0.15) is 58.1 Å². The Bertz CT molecular complexity index is 513. The Morgan fingerprint density at radius 2 is 1.85 bits per heavy atom. The molecule has 2 heteroatoms. The predicted molar refractivity (Wildman–Crippen MR) is 85.9 cm³/mol. The molecular formula is C18H27NO. The number of furan rings is 1. The highest BCUT2D eigenvalue weighted by Crippen LogP contribution is 2.31. The van der Waals surface area contributed by atoms with Crippen LogP contribution >= 0.6 is 0 Å². The van der Waals surface area contributed by atoms with E-state index in [0.717, 1.165) is 24.5 Å². The summed E-state index contributed by atoms with van der Waals surface area (Å²) in [6.07, 6.45) is 6.79. The summed E-state index contributed by atoms with van der Waals surface area (Å²) in [4.78, 5) is 0. The van der Waals surface area contributed by atoms with Gasteiger partial charge in [0, 0.05) is 17.0 Å². The summed E-state index contributed by atoms with van der Waals surface area (Å²) < 4.78 is 5.72. The van der Waals surface area contributed by atoms with Gasteiger partial charge in [0.1, 0.15) is 5.58 Å². The van der Waals surface area contributed by atoms with Gasteiger partial charge >= 0.3 is 0 Å². The topological polar surface area (TPSA) is 25.2 Å². The van der Waals surface area contributed by atoms with Gasteiger partial charge in [-0.1, -0.05) is 51.8 Å². The van der Waals surface area contributed by atoms with Gasteiger partial charge in [-0.2, -0.15) is 0 Å². The van der Waals surface area contributed by atoms with Gasteiger partial charge in [-0.3, -0.25) is 0 Å². The van der Waals surface area contributed by atoms with Gasteiger partial charge in [0.2, 0.25) is 0 Å². The molecule has 0 amide bonds. The van der Waals surface area contributed by atoms with Crippen LogP contribution in [0.2, 0.25) is 0 Å². The van der Waals surface area contributed by atoms with E-state index >= 15 is 0 Å². The molecule has 0 aliphatic rings. The Labute approximate surface area is 122 Å². The van der Waals surface area contributed by atoms with E-state index in [1.807, 2.05) is 18.4 Å². The van der Waals surface area contributed by atoms with E-state index in [0.29, 0.717) is 6.04 Å². The molecule has 1 aromatic carbocycles. The quantitative estimate of drug-likeness (QED) is 0.706. The van der Waals surface area contributed by atoms with Crippen LogP contribution in [0.3, 0.4) is 0 Å². The van der Waals surface area contributed by atoms with Crippen LogP contribution in [0.4, 0.5) is 0 Å². The van der Waals surface area contributed by atoms with Crippen molar-refractivity contribution in [3.8, 4) is 0 Å². The summed E-state index contributed by atoms with van der Waals surface area (Å²) in [6, 6.07) is 8.75. The third-order valence-corrected chi connectivity index (χ3v) is 4.25. The van der Waals surface area contributed by atoms with Crippen molar-refractivity contribution in [3.05, 3.63) is 36.1 Å². The van der Waals surface area contributed by atoms with Gasteiger partial charge in [-0.15, -0.1) is 0 Å². The zero-order valence-corrected chi connectivity index (χ0v) is 13.0. The maximum absolute atomic E-state index is 5.72. The number of hydrogen-bond donors (Lipinski definition) is 1. The minimum Gasteiger partial charge on any atom is -0.464 e. The van der Waals surface area contributed by atoms with Gasteiger partial charge in [0.05, 0.1) is 6.26 Å². The number of fused-ring (bicyclic) bond motifs is 1. The molecule has 0 saturated heterocycles. The lowest BCUT2D eigenvalue weighted by Crippen LogP contribution is -2.24. The average Bonchev–Trinajstić information content (AvgIpc) is 2.92. The minimum atomic E-state index is 0.406. The van der Waals surface area contributed by atoms with Crippen LogP contribution in [0.15, 0.2) is 34.9 Å². The third kappa shape index (κ3) is 3.43. The minimum absolute atomic E-state index is 0.406. The largest absolute Gasteiger partial charge is 0.464 e. The molecule has 2 rings (SSSR count). The number of nitrogens with one attached hydrogen (secondary N) is 1. The average molecular weight is 273 g/mol. The van der Waals surface area contributed by atoms with Gasteiger partial charge in [-0.25, -0.2) is 0 Å². The molecule has 1 aromatic heterocycles. The molecule has 110 valence electrons. The van der Waals surface area contributed by atoms with Crippen molar-refractivity contribution in [1.29, 1.82) is 0 Å². The molecule has 2 aromatic rings. The second-order valence-electron chi connectivity index (χ2n) is 5.61. The van der Waals surface area contributed by atoms with E-state index in [1.165, 1.54) is 30.2 Å². The summed E-state index contributed by atoms with van der Waals surface area (Å²) in [5, 5.41) is 4.96. The lowest BCUT2D eigenvalue weighted by atomic mass is 9.91. The van der Waals surface area contributed by atoms with Crippen molar-refractivity contribution >= 4 is 11.0 Å². The zero-order chi connectivity index (χ0) is 14.4. The maximum atomic E-state index is 5.72. The number of para-hydroxylation sites is 1.